The molecule has 5 nitrogen and oxygen atoms in total. The molecule has 1 N–H and O–H groups in total. The number of hydrogen-bond acceptors (Lipinski definition) is 5. The van der Waals surface area contributed by atoms with E-state index >= 15 is 0 Å². The summed E-state index contributed by atoms with van der Waals surface area (Å²) >= 11 is 1.70. The van der Waals surface area contributed by atoms with E-state index in [0.29, 0.717) is 12.0 Å². The topological polar surface area (TPSA) is 58.6 Å². The number of ether oxygens (including phenoxy) is 1. The maximum absolute atomic E-state index is 11.8. The van der Waals surface area contributed by atoms with E-state index in [1.807, 2.05) is 36.4 Å². The molecule has 0 saturated heterocycles. The number of carbonyl (C=O) groups excluding carboxylic acids is 2. The highest BCUT2D eigenvalue weighted by atomic mass is 32.2. The van der Waals surface area contributed by atoms with Crippen LogP contribution >= 0.6 is 11.8 Å². The Labute approximate surface area is 138 Å². The average Bonchev–Trinajstić information content (AvgIpc) is 2.57. The normalized spacial score (nSPS) is 11.7. The molecule has 0 atom stereocenters. The molecule has 0 aliphatic carbocycles. The molecule has 118 valence electrons. The third kappa shape index (κ3) is 3.48. The number of para-hydroxylation sites is 1. The van der Waals surface area contributed by atoms with Crippen LogP contribution in [-0.2, 0) is 9.59 Å². The van der Waals surface area contributed by atoms with Gasteiger partial charge >= 0.3 is 0 Å². The number of hydrogen-bond donors (Lipinski definition) is 1. The van der Waals surface area contributed by atoms with Gasteiger partial charge in [-0.15, -0.1) is 0 Å². The quantitative estimate of drug-likeness (QED) is 0.730. The summed E-state index contributed by atoms with van der Waals surface area (Å²) in [5, 5.41) is 3.37. The van der Waals surface area contributed by atoms with Crippen LogP contribution in [0.15, 0.2) is 52.3 Å². The maximum atomic E-state index is 11.8. The van der Waals surface area contributed by atoms with E-state index in [2.05, 4.69) is 11.4 Å². The molecular formula is C17H16N2O3S. The molecule has 0 bridgehead atoms. The van der Waals surface area contributed by atoms with Crippen molar-refractivity contribution >= 4 is 35.3 Å². The number of nitrogens with zero attached hydrogens (tertiary/aromatic N) is 1. The molecule has 23 heavy (non-hydrogen) atoms. The van der Waals surface area contributed by atoms with E-state index in [4.69, 9.17) is 4.74 Å². The van der Waals surface area contributed by atoms with Crippen molar-refractivity contribution in [1.82, 2.24) is 4.90 Å². The van der Waals surface area contributed by atoms with Gasteiger partial charge in [0.1, 0.15) is 12.0 Å². The van der Waals surface area contributed by atoms with E-state index in [1.54, 1.807) is 18.8 Å². The molecule has 1 aliphatic rings. The molecule has 0 aromatic heterocycles. The first-order valence-electron chi connectivity index (χ1n) is 7.16. The number of fused-ring (bicyclic) bond motifs is 2. The van der Waals surface area contributed by atoms with Crippen molar-refractivity contribution in [1.29, 1.82) is 0 Å². The van der Waals surface area contributed by atoms with Gasteiger partial charge in [-0.05, 0) is 24.3 Å². The van der Waals surface area contributed by atoms with Gasteiger partial charge in [0.25, 0.3) is 5.91 Å². The predicted octanol–water partition coefficient (Wildman–Crippen LogP) is 2.93. The molecule has 3 rings (SSSR count). The van der Waals surface area contributed by atoms with E-state index in [0.717, 1.165) is 16.3 Å². The molecule has 2 aromatic rings. The number of likely N-dealkylation sites (N-methyl/N-ethyl adjacent to an activating group) is 1. The molecular weight excluding hydrogens is 312 g/mol. The maximum Gasteiger partial charge on any atom is 0.260 e. The molecule has 0 saturated carbocycles. The second kappa shape index (κ2) is 6.75. The Morgan fingerprint density at radius 1 is 1.22 bits per heavy atom. The Morgan fingerprint density at radius 2 is 2.00 bits per heavy atom. The minimum atomic E-state index is -0.234. The van der Waals surface area contributed by atoms with Crippen molar-refractivity contribution in [2.24, 2.45) is 0 Å². The van der Waals surface area contributed by atoms with Crippen LogP contribution in [0.1, 0.15) is 0 Å². The van der Waals surface area contributed by atoms with Crippen LogP contribution in [-0.4, -0.2) is 37.3 Å². The predicted molar refractivity (Wildman–Crippen MR) is 89.5 cm³/mol. The molecule has 0 fully saturated rings. The molecule has 2 aromatic carbocycles. The highest BCUT2D eigenvalue weighted by molar-refractivity contribution is 7.99. The average molecular weight is 328 g/mol. The lowest BCUT2D eigenvalue weighted by Crippen LogP contribution is -2.32. The summed E-state index contributed by atoms with van der Waals surface area (Å²) in [5.74, 6) is 0.381. The standard InChI is InChI=1S/C17H16N2O3S/c1-19(8-9-20)17(21)11-22-12-6-7-16-14(10-12)18-13-4-2-3-5-15(13)23-16/h2-7,9-10,18H,8,11H2,1H3. The number of carbonyl (C=O) groups is 2. The fraction of sp³-hybridized carbons (Fsp3) is 0.176. The highest BCUT2D eigenvalue weighted by Crippen LogP contribution is 2.44. The lowest BCUT2D eigenvalue weighted by molar-refractivity contribution is -0.133. The molecule has 1 amide bonds. The minimum absolute atomic E-state index is 0.0708. The first-order valence-corrected chi connectivity index (χ1v) is 7.97. The molecule has 0 unspecified atom stereocenters. The summed E-state index contributed by atoms with van der Waals surface area (Å²) in [5.41, 5.74) is 2.02. The Balaban J connectivity index is 1.68. The van der Waals surface area contributed by atoms with Gasteiger partial charge in [-0.1, -0.05) is 23.9 Å². The molecule has 1 aliphatic heterocycles. The van der Waals surface area contributed by atoms with E-state index in [-0.39, 0.29) is 19.1 Å². The van der Waals surface area contributed by atoms with Crippen LogP contribution in [0.3, 0.4) is 0 Å². The van der Waals surface area contributed by atoms with Crippen LogP contribution in [0, 0.1) is 0 Å². The number of aldehydes is 1. The summed E-state index contributed by atoms with van der Waals surface area (Å²) in [6.07, 6.45) is 0.690. The third-order valence-electron chi connectivity index (χ3n) is 3.46. The SMILES string of the molecule is CN(CC=O)C(=O)COc1ccc2c(c1)Nc1ccccc1S2. The first-order chi connectivity index (χ1) is 11.2. The van der Waals surface area contributed by atoms with Crippen molar-refractivity contribution in [2.75, 3.05) is 25.5 Å². The van der Waals surface area contributed by atoms with Gasteiger partial charge in [-0.2, -0.15) is 0 Å². The van der Waals surface area contributed by atoms with Crippen molar-refractivity contribution in [2.45, 2.75) is 9.79 Å². The zero-order valence-corrected chi connectivity index (χ0v) is 13.4. The van der Waals surface area contributed by atoms with Crippen LogP contribution in [0.4, 0.5) is 11.4 Å². The molecule has 6 heteroatoms. The monoisotopic (exact) mass is 328 g/mol. The Kier molecular flexibility index (Phi) is 4.52. The molecule has 1 heterocycles. The van der Waals surface area contributed by atoms with Gasteiger partial charge in [-0.25, -0.2) is 0 Å². The van der Waals surface area contributed by atoms with E-state index in [9.17, 15) is 9.59 Å². The van der Waals surface area contributed by atoms with Gasteiger partial charge in [0.2, 0.25) is 0 Å². The Hall–Kier alpha value is -2.47. The summed E-state index contributed by atoms with van der Waals surface area (Å²) in [7, 11) is 1.57. The minimum Gasteiger partial charge on any atom is -0.484 e. The van der Waals surface area contributed by atoms with Crippen LogP contribution in [0.2, 0.25) is 0 Å². The van der Waals surface area contributed by atoms with E-state index in [1.165, 1.54) is 9.80 Å². The van der Waals surface area contributed by atoms with Crippen molar-refractivity contribution in [3.05, 3.63) is 42.5 Å². The largest absolute Gasteiger partial charge is 0.484 e. The van der Waals surface area contributed by atoms with Crippen molar-refractivity contribution in [3.8, 4) is 5.75 Å². The lowest BCUT2D eigenvalue weighted by atomic mass is 10.2. The van der Waals surface area contributed by atoms with Crippen LogP contribution in [0.5, 0.6) is 5.75 Å². The summed E-state index contributed by atoms with van der Waals surface area (Å²) in [6.45, 7) is -0.0196. The number of nitrogens with one attached hydrogen (secondary N) is 1. The van der Waals surface area contributed by atoms with E-state index < -0.39 is 0 Å². The summed E-state index contributed by atoms with van der Waals surface area (Å²) < 4.78 is 5.53. The van der Waals surface area contributed by atoms with Gasteiger partial charge in [-0.3, -0.25) is 4.79 Å². The summed E-state index contributed by atoms with van der Waals surface area (Å²) in [6, 6.07) is 13.8. The smallest absolute Gasteiger partial charge is 0.260 e. The van der Waals surface area contributed by atoms with Gasteiger partial charge in [0.05, 0.1) is 17.9 Å². The second-order valence-electron chi connectivity index (χ2n) is 5.11. The molecule has 0 radical (unpaired) electrons. The zero-order chi connectivity index (χ0) is 16.2. The molecule has 0 spiro atoms. The van der Waals surface area contributed by atoms with Gasteiger partial charge < -0.3 is 19.7 Å². The fourth-order valence-electron chi connectivity index (χ4n) is 2.18. The van der Waals surface area contributed by atoms with Crippen molar-refractivity contribution in [3.63, 3.8) is 0 Å². The van der Waals surface area contributed by atoms with Crippen molar-refractivity contribution < 1.29 is 14.3 Å². The fourth-order valence-corrected chi connectivity index (χ4v) is 3.15. The number of amides is 1. The second-order valence-corrected chi connectivity index (χ2v) is 6.19. The lowest BCUT2D eigenvalue weighted by Gasteiger charge is -2.21. The first kappa shape index (κ1) is 15.4. The number of benzene rings is 2. The Bertz CT molecular complexity index is 748. The number of anilines is 2. The summed E-state index contributed by atoms with van der Waals surface area (Å²) in [4.78, 5) is 25.8. The van der Waals surface area contributed by atoms with Gasteiger partial charge in [0.15, 0.2) is 6.61 Å². The van der Waals surface area contributed by atoms with Crippen LogP contribution in [0.25, 0.3) is 0 Å². The van der Waals surface area contributed by atoms with Crippen LogP contribution < -0.4 is 10.1 Å². The third-order valence-corrected chi connectivity index (χ3v) is 4.62. The Morgan fingerprint density at radius 3 is 2.83 bits per heavy atom. The zero-order valence-electron chi connectivity index (χ0n) is 12.6. The number of rotatable bonds is 5. The highest BCUT2D eigenvalue weighted by Gasteiger charge is 2.16. The van der Waals surface area contributed by atoms with Gasteiger partial charge in [0, 0.05) is 22.9 Å².